The first-order valence-corrected chi connectivity index (χ1v) is 8.40. The van der Waals surface area contributed by atoms with Crippen LogP contribution < -0.4 is 5.32 Å². The number of benzene rings is 1. The van der Waals surface area contributed by atoms with Crippen LogP contribution >= 0.6 is 11.6 Å². The highest BCUT2D eigenvalue weighted by Gasteiger charge is 2.38. The number of para-hydroxylation sites is 1. The van der Waals surface area contributed by atoms with E-state index in [0.717, 1.165) is 5.56 Å². The van der Waals surface area contributed by atoms with Crippen LogP contribution in [0.3, 0.4) is 0 Å². The molecule has 6 heteroatoms. The zero-order valence-corrected chi connectivity index (χ0v) is 15.4. The van der Waals surface area contributed by atoms with Crippen LogP contribution in [-0.4, -0.2) is 35.3 Å². The summed E-state index contributed by atoms with van der Waals surface area (Å²) >= 11 is 6.06. The number of hydrogen-bond donors (Lipinski definition) is 1. The SMILES string of the molecule is CN(CCc1ccncc1)C(=O)C(C)(C)C(=O)Nc1ccccc1Cl. The normalized spacial score (nSPS) is 11.0. The minimum Gasteiger partial charge on any atom is -0.345 e. The van der Waals surface area contributed by atoms with Crippen molar-refractivity contribution in [1.29, 1.82) is 0 Å². The first-order chi connectivity index (χ1) is 11.8. The van der Waals surface area contributed by atoms with Crippen LogP contribution in [0, 0.1) is 5.41 Å². The molecule has 0 aliphatic rings. The number of amides is 2. The molecule has 0 spiro atoms. The Morgan fingerprint density at radius 2 is 1.80 bits per heavy atom. The van der Waals surface area contributed by atoms with Crippen molar-refractivity contribution in [1.82, 2.24) is 9.88 Å². The fourth-order valence-electron chi connectivity index (χ4n) is 2.36. The third kappa shape index (κ3) is 4.79. The summed E-state index contributed by atoms with van der Waals surface area (Å²) in [4.78, 5) is 30.9. The lowest BCUT2D eigenvalue weighted by Gasteiger charge is -2.28. The highest BCUT2D eigenvalue weighted by atomic mass is 35.5. The minimum atomic E-state index is -1.20. The van der Waals surface area contributed by atoms with Crippen molar-refractivity contribution in [2.24, 2.45) is 5.41 Å². The highest BCUT2D eigenvalue weighted by Crippen LogP contribution is 2.25. The smallest absolute Gasteiger partial charge is 0.239 e. The Labute approximate surface area is 153 Å². The predicted octanol–water partition coefficient (Wildman–Crippen LogP) is 3.40. The molecule has 25 heavy (non-hydrogen) atoms. The van der Waals surface area contributed by atoms with Crippen LogP contribution in [-0.2, 0) is 16.0 Å². The number of nitrogens with zero attached hydrogens (tertiary/aromatic N) is 2. The van der Waals surface area contributed by atoms with Crippen molar-refractivity contribution in [2.45, 2.75) is 20.3 Å². The van der Waals surface area contributed by atoms with Gasteiger partial charge in [-0.1, -0.05) is 23.7 Å². The molecule has 5 nitrogen and oxygen atoms in total. The molecule has 0 radical (unpaired) electrons. The highest BCUT2D eigenvalue weighted by molar-refractivity contribution is 6.33. The van der Waals surface area contributed by atoms with E-state index in [2.05, 4.69) is 10.3 Å². The molecule has 1 N–H and O–H groups in total. The van der Waals surface area contributed by atoms with Gasteiger partial charge in [0, 0.05) is 26.0 Å². The topological polar surface area (TPSA) is 62.3 Å². The fraction of sp³-hybridized carbons (Fsp3) is 0.316. The van der Waals surface area contributed by atoms with Crippen molar-refractivity contribution < 1.29 is 9.59 Å². The van der Waals surface area contributed by atoms with Gasteiger partial charge in [0.1, 0.15) is 5.41 Å². The molecule has 2 amide bonds. The molecule has 0 saturated carbocycles. The Bertz CT molecular complexity index is 747. The van der Waals surface area contributed by atoms with Crippen LogP contribution in [0.2, 0.25) is 5.02 Å². The van der Waals surface area contributed by atoms with Crippen LogP contribution in [0.5, 0.6) is 0 Å². The molecule has 0 saturated heterocycles. The quantitative estimate of drug-likeness (QED) is 0.804. The van der Waals surface area contributed by atoms with Gasteiger partial charge >= 0.3 is 0 Å². The van der Waals surface area contributed by atoms with Crippen LogP contribution in [0.25, 0.3) is 0 Å². The standard InChI is InChI=1S/C19H22ClN3O2/c1-19(2,17(24)22-16-7-5-4-6-15(16)20)18(25)23(3)13-10-14-8-11-21-12-9-14/h4-9,11-12H,10,13H2,1-3H3,(H,22,24). The maximum absolute atomic E-state index is 12.7. The van der Waals surface area contributed by atoms with E-state index in [-0.39, 0.29) is 11.8 Å². The van der Waals surface area contributed by atoms with Crippen LogP contribution in [0.1, 0.15) is 19.4 Å². The molecule has 0 fully saturated rings. The van der Waals surface area contributed by atoms with E-state index < -0.39 is 5.41 Å². The molecule has 1 aromatic heterocycles. The maximum atomic E-state index is 12.7. The van der Waals surface area contributed by atoms with Crippen molar-refractivity contribution in [2.75, 3.05) is 18.9 Å². The summed E-state index contributed by atoms with van der Waals surface area (Å²) in [6.45, 7) is 3.75. The number of rotatable bonds is 6. The molecular weight excluding hydrogens is 338 g/mol. The maximum Gasteiger partial charge on any atom is 0.239 e. The number of pyridine rings is 1. The third-order valence-corrected chi connectivity index (χ3v) is 4.39. The van der Waals surface area contributed by atoms with E-state index >= 15 is 0 Å². The summed E-state index contributed by atoms with van der Waals surface area (Å²) in [5.41, 5.74) is 0.383. The number of likely N-dealkylation sites (N-methyl/N-ethyl adjacent to an activating group) is 1. The molecule has 0 aliphatic carbocycles. The lowest BCUT2D eigenvalue weighted by molar-refractivity contribution is -0.145. The molecule has 0 aliphatic heterocycles. The molecule has 1 aromatic carbocycles. The third-order valence-electron chi connectivity index (χ3n) is 4.06. The Morgan fingerprint density at radius 3 is 2.44 bits per heavy atom. The Hall–Kier alpha value is -2.40. The van der Waals surface area contributed by atoms with Gasteiger partial charge in [-0.2, -0.15) is 0 Å². The van der Waals surface area contributed by atoms with Crippen LogP contribution in [0.4, 0.5) is 5.69 Å². The summed E-state index contributed by atoms with van der Waals surface area (Å²) in [6.07, 6.45) is 4.14. The number of hydrogen-bond acceptors (Lipinski definition) is 3. The average molecular weight is 360 g/mol. The number of halogens is 1. The van der Waals surface area contributed by atoms with E-state index in [4.69, 9.17) is 11.6 Å². The number of nitrogens with one attached hydrogen (secondary N) is 1. The monoisotopic (exact) mass is 359 g/mol. The summed E-state index contributed by atoms with van der Waals surface area (Å²) in [6, 6.07) is 10.8. The summed E-state index contributed by atoms with van der Waals surface area (Å²) < 4.78 is 0. The van der Waals surface area contributed by atoms with Crippen molar-refractivity contribution in [3.05, 3.63) is 59.4 Å². The van der Waals surface area contributed by atoms with E-state index in [1.54, 1.807) is 62.5 Å². The Balaban J connectivity index is 2.00. The molecule has 0 bridgehead atoms. The number of carbonyl (C=O) groups is 2. The minimum absolute atomic E-state index is 0.244. The molecule has 0 atom stereocenters. The van der Waals surface area contributed by atoms with Gasteiger partial charge in [0.2, 0.25) is 11.8 Å². The molecule has 0 unspecified atom stereocenters. The van der Waals surface area contributed by atoms with Gasteiger partial charge in [-0.05, 0) is 50.1 Å². The fourth-order valence-corrected chi connectivity index (χ4v) is 2.55. The van der Waals surface area contributed by atoms with Crippen molar-refractivity contribution in [3.63, 3.8) is 0 Å². The number of carbonyl (C=O) groups excluding carboxylic acids is 2. The van der Waals surface area contributed by atoms with Gasteiger partial charge in [-0.15, -0.1) is 0 Å². The van der Waals surface area contributed by atoms with E-state index in [1.807, 2.05) is 12.1 Å². The second-order valence-corrected chi connectivity index (χ2v) is 6.80. The van der Waals surface area contributed by atoms with Gasteiger partial charge < -0.3 is 10.2 Å². The lowest BCUT2D eigenvalue weighted by Crippen LogP contribution is -2.46. The predicted molar refractivity (Wildman–Crippen MR) is 99.4 cm³/mol. The summed E-state index contributed by atoms with van der Waals surface area (Å²) in [5.74, 6) is -0.632. The van der Waals surface area contributed by atoms with E-state index in [0.29, 0.717) is 23.7 Å². The van der Waals surface area contributed by atoms with E-state index in [9.17, 15) is 9.59 Å². The zero-order valence-electron chi connectivity index (χ0n) is 14.6. The first-order valence-electron chi connectivity index (χ1n) is 8.03. The van der Waals surface area contributed by atoms with Gasteiger partial charge in [0.15, 0.2) is 0 Å². The Morgan fingerprint density at radius 1 is 1.16 bits per heavy atom. The number of aromatic nitrogens is 1. The van der Waals surface area contributed by atoms with Gasteiger partial charge in [0.05, 0.1) is 10.7 Å². The largest absolute Gasteiger partial charge is 0.345 e. The van der Waals surface area contributed by atoms with Gasteiger partial charge in [-0.25, -0.2) is 0 Å². The van der Waals surface area contributed by atoms with Gasteiger partial charge in [-0.3, -0.25) is 14.6 Å². The molecule has 132 valence electrons. The van der Waals surface area contributed by atoms with Gasteiger partial charge in [0.25, 0.3) is 0 Å². The molecular formula is C19H22ClN3O2. The van der Waals surface area contributed by atoms with Crippen LogP contribution in [0.15, 0.2) is 48.8 Å². The molecule has 2 rings (SSSR count). The van der Waals surface area contributed by atoms with Crippen molar-refractivity contribution >= 4 is 29.1 Å². The molecule has 2 aromatic rings. The molecule has 1 heterocycles. The van der Waals surface area contributed by atoms with Crippen molar-refractivity contribution in [3.8, 4) is 0 Å². The Kier molecular flexibility index (Phi) is 6.15. The average Bonchev–Trinajstić information content (AvgIpc) is 2.61. The second kappa shape index (κ2) is 8.12. The zero-order chi connectivity index (χ0) is 18.4. The summed E-state index contributed by atoms with van der Waals surface area (Å²) in [5, 5.41) is 3.17. The van der Waals surface area contributed by atoms with E-state index in [1.165, 1.54) is 0 Å². The first kappa shape index (κ1) is 18.9. The number of anilines is 1. The summed E-state index contributed by atoms with van der Waals surface area (Å²) in [7, 11) is 1.70. The second-order valence-electron chi connectivity index (χ2n) is 6.39. The lowest BCUT2D eigenvalue weighted by atomic mass is 9.90.